The van der Waals surface area contributed by atoms with Crippen molar-refractivity contribution >= 4 is 34.3 Å². The third kappa shape index (κ3) is 4.48. The summed E-state index contributed by atoms with van der Waals surface area (Å²) in [5.41, 5.74) is 1.33. The van der Waals surface area contributed by atoms with Crippen molar-refractivity contribution in [2.24, 2.45) is 0 Å². The first kappa shape index (κ1) is 14.8. The molecule has 3 nitrogen and oxygen atoms in total. The van der Waals surface area contributed by atoms with E-state index in [9.17, 15) is 9.18 Å². The lowest BCUT2D eigenvalue weighted by Crippen LogP contribution is -2.30. The first-order valence-electron chi connectivity index (χ1n) is 6.19. The van der Waals surface area contributed by atoms with Gasteiger partial charge in [0.05, 0.1) is 0 Å². The number of rotatable bonds is 4. The molecular weight excluding hydrogens is 370 g/mol. The van der Waals surface area contributed by atoms with Gasteiger partial charge in [-0.2, -0.15) is 0 Å². The summed E-state index contributed by atoms with van der Waals surface area (Å²) in [6.07, 6.45) is 0.465. The van der Waals surface area contributed by atoms with Crippen LogP contribution in [0.5, 0.6) is 0 Å². The highest BCUT2D eigenvalue weighted by atomic mass is 127. The Hall–Kier alpha value is -1.63. The Morgan fingerprint density at radius 3 is 2.50 bits per heavy atom. The minimum atomic E-state index is -0.289. The maximum absolute atomic E-state index is 13.4. The van der Waals surface area contributed by atoms with Gasteiger partial charge in [0.1, 0.15) is 5.82 Å². The van der Waals surface area contributed by atoms with E-state index in [-0.39, 0.29) is 11.8 Å². The summed E-state index contributed by atoms with van der Waals surface area (Å²) >= 11 is 2.20. The van der Waals surface area contributed by atoms with Crippen molar-refractivity contribution in [1.29, 1.82) is 0 Å². The molecule has 0 saturated carbocycles. The topological polar surface area (TPSA) is 41.1 Å². The van der Waals surface area contributed by atoms with Gasteiger partial charge in [0.25, 0.3) is 0 Å². The van der Waals surface area contributed by atoms with Crippen LogP contribution in [0.15, 0.2) is 48.5 Å². The average molecular weight is 384 g/mol. The van der Waals surface area contributed by atoms with E-state index in [1.54, 1.807) is 18.2 Å². The van der Waals surface area contributed by atoms with Gasteiger partial charge >= 0.3 is 6.03 Å². The van der Waals surface area contributed by atoms with Crippen LogP contribution in [0.4, 0.5) is 14.9 Å². The molecule has 0 fully saturated rings. The quantitative estimate of drug-likeness (QED) is 0.774. The number of urea groups is 1. The number of carbonyl (C=O) groups is 1. The van der Waals surface area contributed by atoms with Crippen molar-refractivity contribution in [1.82, 2.24) is 5.32 Å². The molecule has 0 bridgehead atoms. The normalized spacial score (nSPS) is 10.1. The molecule has 2 aromatic rings. The monoisotopic (exact) mass is 384 g/mol. The fourth-order valence-corrected chi connectivity index (χ4v) is 2.08. The molecule has 0 spiro atoms. The van der Waals surface area contributed by atoms with Gasteiger partial charge < -0.3 is 10.6 Å². The molecule has 2 amide bonds. The molecule has 0 aliphatic rings. The number of hydrogen-bond donors (Lipinski definition) is 2. The summed E-state index contributed by atoms with van der Waals surface area (Å²) in [6, 6.07) is 13.8. The average Bonchev–Trinajstić information content (AvgIpc) is 2.43. The Labute approximate surface area is 130 Å². The highest BCUT2D eigenvalue weighted by molar-refractivity contribution is 14.1. The number of nitrogens with one attached hydrogen (secondary N) is 2. The van der Waals surface area contributed by atoms with E-state index in [1.165, 1.54) is 6.07 Å². The molecule has 0 aliphatic carbocycles. The van der Waals surface area contributed by atoms with Crippen molar-refractivity contribution < 1.29 is 9.18 Å². The summed E-state index contributed by atoms with van der Waals surface area (Å²) in [4.78, 5) is 11.7. The zero-order chi connectivity index (χ0) is 14.4. The Balaban J connectivity index is 1.78. The van der Waals surface area contributed by atoms with Crippen molar-refractivity contribution in [3.05, 3.63) is 63.5 Å². The van der Waals surface area contributed by atoms with E-state index >= 15 is 0 Å². The summed E-state index contributed by atoms with van der Waals surface area (Å²) in [5.74, 6) is -0.243. The van der Waals surface area contributed by atoms with Gasteiger partial charge in [-0.15, -0.1) is 0 Å². The van der Waals surface area contributed by atoms with E-state index in [0.29, 0.717) is 18.5 Å². The highest BCUT2D eigenvalue weighted by Gasteiger charge is 2.03. The number of benzene rings is 2. The number of halogens is 2. The second-order valence-corrected chi connectivity index (χ2v) is 5.47. The van der Waals surface area contributed by atoms with E-state index in [0.717, 1.165) is 9.26 Å². The van der Waals surface area contributed by atoms with E-state index < -0.39 is 0 Å². The summed E-state index contributed by atoms with van der Waals surface area (Å²) in [7, 11) is 0. The third-order valence-corrected chi connectivity index (χ3v) is 3.46. The van der Waals surface area contributed by atoms with Crippen LogP contribution in [0.2, 0.25) is 0 Å². The van der Waals surface area contributed by atoms with Crippen LogP contribution in [-0.4, -0.2) is 12.6 Å². The standard InChI is InChI=1S/C15H14FIN2O/c16-14-4-2-1-3-11(14)9-10-18-15(20)19-13-7-5-12(17)6-8-13/h1-8H,9-10H2,(H2,18,19,20). The zero-order valence-corrected chi connectivity index (χ0v) is 12.9. The van der Waals surface area contributed by atoms with Crippen LogP contribution in [-0.2, 0) is 6.42 Å². The Morgan fingerprint density at radius 1 is 1.10 bits per heavy atom. The number of anilines is 1. The molecule has 2 N–H and O–H groups in total. The molecule has 104 valence electrons. The first-order valence-corrected chi connectivity index (χ1v) is 7.27. The largest absolute Gasteiger partial charge is 0.338 e. The van der Waals surface area contributed by atoms with Crippen LogP contribution in [0.25, 0.3) is 0 Å². The first-order chi connectivity index (χ1) is 9.65. The van der Waals surface area contributed by atoms with Crippen LogP contribution in [0.3, 0.4) is 0 Å². The van der Waals surface area contributed by atoms with Gasteiger partial charge in [0.2, 0.25) is 0 Å². The van der Waals surface area contributed by atoms with Crippen LogP contribution in [0, 0.1) is 9.39 Å². The molecule has 2 rings (SSSR count). The van der Waals surface area contributed by atoms with Gasteiger partial charge in [-0.1, -0.05) is 18.2 Å². The van der Waals surface area contributed by atoms with Gasteiger partial charge in [-0.25, -0.2) is 9.18 Å². The maximum atomic E-state index is 13.4. The minimum Gasteiger partial charge on any atom is -0.338 e. The molecule has 0 saturated heterocycles. The number of amides is 2. The van der Waals surface area contributed by atoms with Crippen molar-refractivity contribution in [3.63, 3.8) is 0 Å². The fourth-order valence-electron chi connectivity index (χ4n) is 1.72. The molecule has 0 unspecified atom stereocenters. The highest BCUT2D eigenvalue weighted by Crippen LogP contribution is 2.11. The fraction of sp³-hybridized carbons (Fsp3) is 0.133. The molecule has 20 heavy (non-hydrogen) atoms. The molecule has 0 aromatic heterocycles. The van der Waals surface area contributed by atoms with Crippen LogP contribution in [0.1, 0.15) is 5.56 Å². The predicted molar refractivity (Wildman–Crippen MR) is 86.3 cm³/mol. The van der Waals surface area contributed by atoms with E-state index in [1.807, 2.05) is 24.3 Å². The predicted octanol–water partition coefficient (Wildman–Crippen LogP) is 3.79. The Bertz CT molecular complexity index is 587. The summed E-state index contributed by atoms with van der Waals surface area (Å²) < 4.78 is 14.5. The number of carbonyl (C=O) groups excluding carboxylic acids is 1. The lowest BCUT2D eigenvalue weighted by Gasteiger charge is -2.08. The molecule has 0 radical (unpaired) electrons. The summed E-state index contributed by atoms with van der Waals surface area (Å²) in [6.45, 7) is 0.386. The Kier molecular flexibility index (Phi) is 5.34. The van der Waals surface area contributed by atoms with Crippen molar-refractivity contribution in [2.75, 3.05) is 11.9 Å². The Morgan fingerprint density at radius 2 is 1.80 bits per heavy atom. The second kappa shape index (κ2) is 7.23. The molecule has 5 heteroatoms. The molecule has 0 aliphatic heterocycles. The molecule has 0 atom stereocenters. The zero-order valence-electron chi connectivity index (χ0n) is 10.7. The van der Waals surface area contributed by atoms with E-state index in [4.69, 9.17) is 0 Å². The van der Waals surface area contributed by atoms with Gasteiger partial charge in [-0.3, -0.25) is 0 Å². The third-order valence-electron chi connectivity index (χ3n) is 2.74. The van der Waals surface area contributed by atoms with Crippen LogP contribution < -0.4 is 10.6 Å². The van der Waals surface area contributed by atoms with Gasteiger partial charge in [-0.05, 0) is 64.9 Å². The maximum Gasteiger partial charge on any atom is 0.319 e. The second-order valence-electron chi connectivity index (χ2n) is 4.23. The minimum absolute atomic E-state index is 0.243. The van der Waals surface area contributed by atoms with E-state index in [2.05, 4.69) is 33.2 Å². The van der Waals surface area contributed by atoms with Gasteiger partial charge in [0.15, 0.2) is 0 Å². The lowest BCUT2D eigenvalue weighted by molar-refractivity contribution is 0.252. The van der Waals surface area contributed by atoms with Crippen LogP contribution >= 0.6 is 22.6 Å². The number of hydrogen-bond acceptors (Lipinski definition) is 1. The molecule has 2 aromatic carbocycles. The summed E-state index contributed by atoms with van der Waals surface area (Å²) in [5, 5.41) is 5.43. The van der Waals surface area contributed by atoms with Gasteiger partial charge in [0, 0.05) is 15.8 Å². The smallest absolute Gasteiger partial charge is 0.319 e. The lowest BCUT2D eigenvalue weighted by atomic mass is 10.1. The van der Waals surface area contributed by atoms with Crippen molar-refractivity contribution in [2.45, 2.75) is 6.42 Å². The molecular formula is C15H14FIN2O. The molecule has 0 heterocycles. The SMILES string of the molecule is O=C(NCCc1ccccc1F)Nc1ccc(I)cc1. The van der Waals surface area contributed by atoms with Crippen molar-refractivity contribution in [3.8, 4) is 0 Å².